The topological polar surface area (TPSA) is 79.4 Å². The van der Waals surface area contributed by atoms with Crippen LogP contribution in [-0.2, 0) is 19.1 Å². The summed E-state index contributed by atoms with van der Waals surface area (Å²) < 4.78 is 11.4. The maximum atomic E-state index is 12.4. The Morgan fingerprint density at radius 1 is 1.24 bits per heavy atom. The van der Waals surface area contributed by atoms with Gasteiger partial charge in [0.1, 0.15) is 5.60 Å². The Morgan fingerprint density at radius 2 is 1.93 bits per heavy atom. The number of carbonyl (C=O) groups is 3. The first-order valence-electron chi connectivity index (χ1n) is 10.3. The van der Waals surface area contributed by atoms with E-state index in [2.05, 4.69) is 0 Å². The summed E-state index contributed by atoms with van der Waals surface area (Å²) in [6.45, 7) is 11.3. The Kier molecular flexibility index (Phi) is 8.17. The van der Waals surface area contributed by atoms with Crippen LogP contribution in [0.3, 0.4) is 0 Å². The Morgan fingerprint density at radius 3 is 2.45 bits per heavy atom. The van der Waals surface area contributed by atoms with Gasteiger partial charge in [0.15, 0.2) is 0 Å². The first-order chi connectivity index (χ1) is 13.5. The summed E-state index contributed by atoms with van der Waals surface area (Å²) in [6, 6.07) is -0.475. The molecule has 2 aliphatic rings. The van der Waals surface area contributed by atoms with Crippen LogP contribution >= 0.6 is 11.6 Å². The smallest absolute Gasteiger partial charge is 0.410 e. The zero-order valence-electron chi connectivity index (χ0n) is 18.1. The second-order valence-electron chi connectivity index (χ2n) is 8.77. The third-order valence-corrected chi connectivity index (χ3v) is 5.47. The highest BCUT2D eigenvalue weighted by molar-refractivity contribution is 6.21. The van der Waals surface area contributed by atoms with E-state index in [4.69, 9.17) is 21.1 Å². The van der Waals surface area contributed by atoms with Crippen LogP contribution in [0.15, 0.2) is 0 Å². The normalized spacial score (nSPS) is 22.6. The van der Waals surface area contributed by atoms with Gasteiger partial charge in [-0.3, -0.25) is 9.59 Å². The molecule has 0 radical (unpaired) electrons. The van der Waals surface area contributed by atoms with Crippen molar-refractivity contribution in [3.8, 4) is 0 Å². The van der Waals surface area contributed by atoms with Gasteiger partial charge in [-0.1, -0.05) is 0 Å². The quantitative estimate of drug-likeness (QED) is 0.601. The number of amides is 3. The van der Waals surface area contributed by atoms with Crippen LogP contribution in [0.5, 0.6) is 0 Å². The summed E-state index contributed by atoms with van der Waals surface area (Å²) in [5, 5.41) is -0.245. The van der Waals surface area contributed by atoms with Gasteiger partial charge in [-0.15, -0.1) is 11.6 Å². The summed E-state index contributed by atoms with van der Waals surface area (Å²) >= 11 is 6.31. The molecule has 0 saturated carbocycles. The number of likely N-dealkylation sites (tertiary alicyclic amines) is 1. The van der Waals surface area contributed by atoms with Gasteiger partial charge in [0.25, 0.3) is 0 Å². The lowest BCUT2D eigenvalue weighted by molar-refractivity contribution is -0.136. The van der Waals surface area contributed by atoms with Crippen molar-refractivity contribution in [1.29, 1.82) is 0 Å². The van der Waals surface area contributed by atoms with E-state index in [0.717, 1.165) is 6.42 Å². The van der Waals surface area contributed by atoms with Gasteiger partial charge in [0.2, 0.25) is 11.8 Å². The van der Waals surface area contributed by atoms with Gasteiger partial charge in [-0.05, 0) is 34.1 Å². The molecule has 0 bridgehead atoms. The van der Waals surface area contributed by atoms with Crippen molar-refractivity contribution < 1.29 is 23.9 Å². The number of nitrogens with zero attached hydrogens (tertiary/aromatic N) is 3. The van der Waals surface area contributed by atoms with E-state index in [0.29, 0.717) is 39.2 Å². The van der Waals surface area contributed by atoms with Crippen LogP contribution in [0.25, 0.3) is 0 Å². The van der Waals surface area contributed by atoms with Crippen molar-refractivity contribution in [2.24, 2.45) is 0 Å². The molecule has 3 atom stereocenters. The van der Waals surface area contributed by atoms with Crippen molar-refractivity contribution in [3.05, 3.63) is 0 Å². The molecule has 0 aromatic carbocycles. The Bertz CT molecular complexity index is 607. The number of piperazine rings is 1. The summed E-state index contributed by atoms with van der Waals surface area (Å²) in [5.74, 6) is 0.0460. The van der Waals surface area contributed by atoms with E-state index < -0.39 is 5.60 Å². The van der Waals surface area contributed by atoms with Crippen molar-refractivity contribution >= 4 is 29.5 Å². The minimum atomic E-state index is -0.577. The molecule has 8 nitrogen and oxygen atoms in total. The number of alkyl halides is 1. The van der Waals surface area contributed by atoms with Crippen LogP contribution < -0.4 is 0 Å². The van der Waals surface area contributed by atoms with Crippen molar-refractivity contribution in [3.63, 3.8) is 0 Å². The molecule has 2 saturated heterocycles. The molecule has 0 N–H and O–H groups in total. The molecule has 9 heteroatoms. The summed E-state index contributed by atoms with van der Waals surface area (Å²) in [5.41, 5.74) is -0.577. The van der Waals surface area contributed by atoms with Crippen molar-refractivity contribution in [2.45, 2.75) is 70.5 Å². The lowest BCUT2D eigenvalue weighted by Crippen LogP contribution is -2.58. The Labute approximate surface area is 178 Å². The van der Waals surface area contributed by atoms with Crippen molar-refractivity contribution in [2.75, 3.05) is 39.4 Å². The third kappa shape index (κ3) is 6.74. The maximum Gasteiger partial charge on any atom is 0.410 e. The number of halogens is 1. The zero-order valence-corrected chi connectivity index (χ0v) is 18.9. The van der Waals surface area contributed by atoms with E-state index in [1.54, 1.807) is 14.7 Å². The van der Waals surface area contributed by atoms with Crippen LogP contribution in [0, 0.1) is 0 Å². The van der Waals surface area contributed by atoms with E-state index in [-0.39, 0.29) is 42.0 Å². The van der Waals surface area contributed by atoms with Crippen LogP contribution in [-0.4, -0.2) is 95.1 Å². The lowest BCUT2D eigenvalue weighted by atomic mass is 10.1. The van der Waals surface area contributed by atoms with E-state index >= 15 is 0 Å². The lowest BCUT2D eigenvalue weighted by Gasteiger charge is -2.41. The molecule has 2 rings (SSSR count). The van der Waals surface area contributed by atoms with Crippen LogP contribution in [0.2, 0.25) is 0 Å². The molecule has 0 aliphatic carbocycles. The fourth-order valence-corrected chi connectivity index (χ4v) is 3.93. The van der Waals surface area contributed by atoms with Gasteiger partial charge in [0, 0.05) is 39.5 Å². The summed E-state index contributed by atoms with van der Waals surface area (Å²) in [4.78, 5) is 41.6. The second kappa shape index (κ2) is 9.98. The number of rotatable bonds is 6. The summed E-state index contributed by atoms with van der Waals surface area (Å²) in [6.07, 6.45) is 0.997. The van der Waals surface area contributed by atoms with Gasteiger partial charge < -0.3 is 24.2 Å². The largest absolute Gasteiger partial charge is 0.444 e. The van der Waals surface area contributed by atoms with E-state index in [1.807, 2.05) is 27.7 Å². The highest BCUT2D eigenvalue weighted by atomic mass is 35.5. The first-order valence-corrected chi connectivity index (χ1v) is 10.7. The molecule has 29 heavy (non-hydrogen) atoms. The SMILES string of the molecule is CC(=O)N1CCN(C(=O)OC(C)(C)C)C[C@@H]1COC[C@@H](C(C)Cl)N1CCCC1=O. The van der Waals surface area contributed by atoms with Gasteiger partial charge in [-0.2, -0.15) is 0 Å². The molecule has 0 spiro atoms. The molecule has 2 heterocycles. The third-order valence-electron chi connectivity index (χ3n) is 5.18. The zero-order chi connectivity index (χ0) is 21.8. The standard InChI is InChI=1S/C20H34ClN3O5/c1-14(21)17(24-8-6-7-18(24)26)13-28-12-16-11-22(9-10-23(16)15(2)25)19(27)29-20(3,4)5/h14,16-17H,6-13H2,1-5H3/t14?,16-,17+/m1/s1. The van der Waals surface area contributed by atoms with Crippen LogP contribution in [0.4, 0.5) is 4.79 Å². The number of hydrogen-bond acceptors (Lipinski definition) is 5. The molecule has 166 valence electrons. The minimum Gasteiger partial charge on any atom is -0.444 e. The Balaban J connectivity index is 1.96. The molecule has 3 amide bonds. The molecular weight excluding hydrogens is 398 g/mol. The fraction of sp³-hybridized carbons (Fsp3) is 0.850. The average Bonchev–Trinajstić information content (AvgIpc) is 3.02. The van der Waals surface area contributed by atoms with Gasteiger partial charge in [0.05, 0.1) is 30.7 Å². The fourth-order valence-electron chi connectivity index (χ4n) is 3.72. The molecule has 0 aromatic heterocycles. The van der Waals surface area contributed by atoms with Crippen LogP contribution in [0.1, 0.15) is 47.5 Å². The minimum absolute atomic E-state index is 0.0561. The Hall–Kier alpha value is -1.54. The first kappa shape index (κ1) is 23.7. The average molecular weight is 432 g/mol. The number of carbonyl (C=O) groups excluding carboxylic acids is 3. The van der Waals surface area contributed by atoms with E-state index in [9.17, 15) is 14.4 Å². The molecule has 1 unspecified atom stereocenters. The highest BCUT2D eigenvalue weighted by Gasteiger charge is 2.35. The maximum absolute atomic E-state index is 12.4. The van der Waals surface area contributed by atoms with E-state index in [1.165, 1.54) is 6.92 Å². The molecular formula is C20H34ClN3O5. The van der Waals surface area contributed by atoms with Gasteiger partial charge >= 0.3 is 6.09 Å². The summed E-state index contributed by atoms with van der Waals surface area (Å²) in [7, 11) is 0. The predicted octanol–water partition coefficient (Wildman–Crippen LogP) is 2.09. The van der Waals surface area contributed by atoms with Gasteiger partial charge in [-0.25, -0.2) is 4.79 Å². The predicted molar refractivity (Wildman–Crippen MR) is 110 cm³/mol. The number of hydrogen-bond donors (Lipinski definition) is 0. The highest BCUT2D eigenvalue weighted by Crippen LogP contribution is 2.20. The monoisotopic (exact) mass is 431 g/mol. The second-order valence-corrected chi connectivity index (χ2v) is 9.45. The van der Waals surface area contributed by atoms with Crippen molar-refractivity contribution in [1.82, 2.24) is 14.7 Å². The molecule has 2 aliphatic heterocycles. The molecule has 2 fully saturated rings. The number of ether oxygens (including phenoxy) is 2. The molecule has 0 aromatic rings.